The maximum Gasteiger partial charge on any atom is 0.332 e. The van der Waals surface area contributed by atoms with Crippen LogP contribution in [0, 0.1) is 5.41 Å². The van der Waals surface area contributed by atoms with Crippen molar-refractivity contribution < 1.29 is 24.5 Å². The van der Waals surface area contributed by atoms with Gasteiger partial charge in [-0.2, -0.15) is 0 Å². The van der Waals surface area contributed by atoms with E-state index in [0.29, 0.717) is 0 Å². The highest BCUT2D eigenvalue weighted by molar-refractivity contribution is 5.85. The Kier molecular flexibility index (Phi) is 6.45. The molecule has 6 heteroatoms. The quantitative estimate of drug-likeness (QED) is 0.435. The molecule has 0 radical (unpaired) electrons. The van der Waals surface area contributed by atoms with E-state index in [9.17, 15) is 14.7 Å². The lowest BCUT2D eigenvalue weighted by Gasteiger charge is -2.26. The summed E-state index contributed by atoms with van der Waals surface area (Å²) in [5.41, 5.74) is -0.943. The topological polar surface area (TPSA) is 95.9 Å². The van der Waals surface area contributed by atoms with Crippen LogP contribution in [-0.2, 0) is 14.3 Å². The van der Waals surface area contributed by atoms with Crippen molar-refractivity contribution in [3.8, 4) is 0 Å². The van der Waals surface area contributed by atoms with E-state index in [-0.39, 0.29) is 13.2 Å². The molecule has 0 saturated heterocycles. The SMILES string of the molecule is CCOC(=O)/C=C/NC(=O)[C@@H](O)C(C)(C)CO. The molecule has 17 heavy (non-hydrogen) atoms. The zero-order valence-corrected chi connectivity index (χ0v) is 10.3. The van der Waals surface area contributed by atoms with Crippen LogP contribution < -0.4 is 5.32 Å². The standard InChI is InChI=1S/C11H19NO5/c1-4-17-8(14)5-6-12-10(16)9(15)11(2,3)7-13/h5-6,9,13,15H,4,7H2,1-3H3,(H,12,16)/b6-5+/t9-/m1/s1. The first-order chi connectivity index (χ1) is 7.85. The third kappa shape index (κ3) is 5.46. The minimum absolute atomic E-state index is 0.247. The lowest BCUT2D eigenvalue weighted by molar-refractivity contribution is -0.137. The first-order valence-corrected chi connectivity index (χ1v) is 5.27. The summed E-state index contributed by atoms with van der Waals surface area (Å²) in [6.45, 7) is 4.68. The minimum atomic E-state index is -1.36. The molecule has 0 aromatic rings. The Hall–Kier alpha value is -1.40. The Labute approximate surface area is 100 Å². The third-order valence-electron chi connectivity index (χ3n) is 2.13. The van der Waals surface area contributed by atoms with Gasteiger partial charge < -0.3 is 20.3 Å². The van der Waals surface area contributed by atoms with Crippen molar-refractivity contribution in [2.75, 3.05) is 13.2 Å². The van der Waals surface area contributed by atoms with E-state index in [0.717, 1.165) is 12.3 Å². The number of carbonyl (C=O) groups excluding carboxylic acids is 2. The van der Waals surface area contributed by atoms with Gasteiger partial charge in [0.1, 0.15) is 6.10 Å². The van der Waals surface area contributed by atoms with Gasteiger partial charge in [-0.25, -0.2) is 4.79 Å². The average molecular weight is 245 g/mol. The number of esters is 1. The number of ether oxygens (including phenoxy) is 1. The molecule has 3 N–H and O–H groups in total. The van der Waals surface area contributed by atoms with Crippen molar-refractivity contribution in [2.45, 2.75) is 26.9 Å². The van der Waals surface area contributed by atoms with Crippen LogP contribution in [0.1, 0.15) is 20.8 Å². The molecule has 0 aliphatic carbocycles. The first kappa shape index (κ1) is 15.6. The minimum Gasteiger partial charge on any atom is -0.463 e. The van der Waals surface area contributed by atoms with E-state index in [1.807, 2.05) is 0 Å². The average Bonchev–Trinajstić information content (AvgIpc) is 2.28. The number of aliphatic hydroxyl groups is 2. The number of aliphatic hydroxyl groups excluding tert-OH is 2. The third-order valence-corrected chi connectivity index (χ3v) is 2.13. The summed E-state index contributed by atoms with van der Waals surface area (Å²) in [4.78, 5) is 22.3. The van der Waals surface area contributed by atoms with Crippen molar-refractivity contribution in [3.63, 3.8) is 0 Å². The van der Waals surface area contributed by atoms with Crippen molar-refractivity contribution in [2.24, 2.45) is 5.41 Å². The highest BCUT2D eigenvalue weighted by atomic mass is 16.5. The van der Waals surface area contributed by atoms with Gasteiger partial charge in [-0.05, 0) is 6.92 Å². The number of rotatable bonds is 6. The van der Waals surface area contributed by atoms with Crippen LogP contribution in [0.2, 0.25) is 0 Å². The lowest BCUT2D eigenvalue weighted by atomic mass is 9.87. The summed E-state index contributed by atoms with van der Waals surface area (Å²) in [5.74, 6) is -1.27. The van der Waals surface area contributed by atoms with Gasteiger partial charge in [-0.3, -0.25) is 4.79 Å². The van der Waals surface area contributed by atoms with Crippen molar-refractivity contribution in [1.82, 2.24) is 5.32 Å². The molecular formula is C11H19NO5. The summed E-state index contributed by atoms with van der Waals surface area (Å²) in [7, 11) is 0. The van der Waals surface area contributed by atoms with Gasteiger partial charge in [-0.15, -0.1) is 0 Å². The molecule has 0 saturated carbocycles. The van der Waals surface area contributed by atoms with E-state index >= 15 is 0 Å². The molecule has 6 nitrogen and oxygen atoms in total. The smallest absolute Gasteiger partial charge is 0.332 e. The molecule has 0 bridgehead atoms. The second-order valence-electron chi connectivity index (χ2n) is 4.14. The molecule has 0 rings (SSSR count). The number of carbonyl (C=O) groups is 2. The van der Waals surface area contributed by atoms with Gasteiger partial charge >= 0.3 is 5.97 Å². The van der Waals surface area contributed by atoms with E-state index in [1.165, 1.54) is 0 Å². The molecule has 0 aliphatic heterocycles. The zero-order valence-electron chi connectivity index (χ0n) is 10.3. The monoisotopic (exact) mass is 245 g/mol. The summed E-state index contributed by atoms with van der Waals surface area (Å²) in [5, 5.41) is 20.8. The molecule has 0 spiro atoms. The van der Waals surface area contributed by atoms with Crippen molar-refractivity contribution in [1.29, 1.82) is 0 Å². The van der Waals surface area contributed by atoms with Gasteiger partial charge in [0.2, 0.25) is 0 Å². The van der Waals surface area contributed by atoms with E-state index in [4.69, 9.17) is 5.11 Å². The summed E-state index contributed by atoms with van der Waals surface area (Å²) in [6.07, 6.45) is 0.774. The highest BCUT2D eigenvalue weighted by Gasteiger charge is 2.32. The predicted octanol–water partition coefficient (Wildman–Crippen LogP) is -0.441. The fourth-order valence-electron chi connectivity index (χ4n) is 0.903. The molecule has 98 valence electrons. The molecule has 1 atom stereocenters. The van der Waals surface area contributed by atoms with Gasteiger partial charge in [0.25, 0.3) is 5.91 Å². The van der Waals surface area contributed by atoms with Crippen LogP contribution >= 0.6 is 0 Å². The molecular weight excluding hydrogens is 226 g/mol. The van der Waals surface area contributed by atoms with E-state index in [1.54, 1.807) is 20.8 Å². The van der Waals surface area contributed by atoms with Gasteiger partial charge in [0.15, 0.2) is 0 Å². The first-order valence-electron chi connectivity index (χ1n) is 5.27. The van der Waals surface area contributed by atoms with Crippen LogP contribution in [-0.4, -0.2) is 41.4 Å². The molecule has 0 aromatic carbocycles. The Bertz CT molecular complexity index is 298. The van der Waals surface area contributed by atoms with Gasteiger partial charge in [0.05, 0.1) is 13.2 Å². The van der Waals surface area contributed by atoms with Crippen LogP contribution in [0.5, 0.6) is 0 Å². The van der Waals surface area contributed by atoms with Crippen LogP contribution in [0.15, 0.2) is 12.3 Å². The van der Waals surface area contributed by atoms with Crippen molar-refractivity contribution in [3.05, 3.63) is 12.3 Å². The molecule has 1 amide bonds. The summed E-state index contributed by atoms with van der Waals surface area (Å²) < 4.78 is 4.59. The zero-order chi connectivity index (χ0) is 13.5. The lowest BCUT2D eigenvalue weighted by Crippen LogP contribution is -2.44. The number of hydrogen-bond acceptors (Lipinski definition) is 5. The maximum atomic E-state index is 11.4. The predicted molar refractivity (Wildman–Crippen MR) is 60.8 cm³/mol. The van der Waals surface area contributed by atoms with Gasteiger partial charge in [-0.1, -0.05) is 13.8 Å². The highest BCUT2D eigenvalue weighted by Crippen LogP contribution is 2.19. The Morgan fingerprint density at radius 1 is 1.47 bits per heavy atom. The largest absolute Gasteiger partial charge is 0.463 e. The second kappa shape index (κ2) is 7.03. The molecule has 0 aromatic heterocycles. The maximum absolute atomic E-state index is 11.4. The molecule has 0 heterocycles. The van der Waals surface area contributed by atoms with E-state index in [2.05, 4.69) is 10.1 Å². The van der Waals surface area contributed by atoms with Crippen LogP contribution in [0.3, 0.4) is 0 Å². The number of amides is 1. The van der Waals surface area contributed by atoms with Gasteiger partial charge in [0, 0.05) is 17.7 Å². The normalized spacial score (nSPS) is 13.5. The summed E-state index contributed by atoms with van der Waals surface area (Å²) >= 11 is 0. The Balaban J connectivity index is 4.23. The van der Waals surface area contributed by atoms with Crippen LogP contribution in [0.25, 0.3) is 0 Å². The Morgan fingerprint density at radius 3 is 2.53 bits per heavy atom. The Morgan fingerprint density at radius 2 is 2.06 bits per heavy atom. The second-order valence-corrected chi connectivity index (χ2v) is 4.14. The molecule has 0 fully saturated rings. The summed E-state index contributed by atoms with van der Waals surface area (Å²) in [6, 6.07) is 0. The van der Waals surface area contributed by atoms with Crippen LogP contribution in [0.4, 0.5) is 0 Å². The number of nitrogens with one attached hydrogen (secondary N) is 1. The molecule has 0 unspecified atom stereocenters. The number of hydrogen-bond donors (Lipinski definition) is 3. The van der Waals surface area contributed by atoms with E-state index < -0.39 is 23.4 Å². The fraction of sp³-hybridized carbons (Fsp3) is 0.636. The fourth-order valence-corrected chi connectivity index (χ4v) is 0.903. The van der Waals surface area contributed by atoms with Crippen molar-refractivity contribution >= 4 is 11.9 Å². The molecule has 0 aliphatic rings.